The van der Waals surface area contributed by atoms with Gasteiger partial charge in [-0.15, -0.1) is 6.54 Å². The molecule has 1 aromatic heterocycles. The standard InChI is InChI=1S/C33H37BrN7O2.Y/c1-4-30(42)41-18-17-40(20-25(41)19-35-3)32-26-14-16-39(29-13-7-10-23-9-6-12-27(34)31(23)29)21-28(26)36-33(37-32)43-22-24-11-8-15-38(24)5-2;/h4,6-7,9-10,12-13,24-25H,1-2,5,8,11,14-22H2;/q-1;/t24-,25-;/m0./s1. The monoisotopic (exact) mass is 731 g/mol. The number of ether oxygens (including phenoxy) is 1. The number of rotatable bonds is 8. The van der Waals surface area contributed by atoms with E-state index in [9.17, 15) is 4.79 Å². The van der Waals surface area contributed by atoms with Gasteiger partial charge in [0.05, 0.1) is 12.2 Å². The van der Waals surface area contributed by atoms with Crippen molar-refractivity contribution in [3.05, 3.63) is 83.1 Å². The molecule has 0 saturated carbocycles. The number of piperazine rings is 1. The number of amides is 1. The minimum Gasteiger partial charge on any atom is -0.462 e. The predicted octanol–water partition coefficient (Wildman–Crippen LogP) is 4.75. The van der Waals surface area contributed by atoms with E-state index in [-0.39, 0.29) is 51.2 Å². The Bertz CT molecular complexity index is 1560. The van der Waals surface area contributed by atoms with Crippen molar-refractivity contribution in [3.63, 3.8) is 0 Å². The molecule has 0 aliphatic carbocycles. The van der Waals surface area contributed by atoms with Crippen LogP contribution in [0.2, 0.25) is 0 Å². The van der Waals surface area contributed by atoms with Crippen LogP contribution in [0.5, 0.6) is 6.01 Å². The number of halogens is 1. The fourth-order valence-corrected chi connectivity index (χ4v) is 7.31. The average molecular weight is 733 g/mol. The smallest absolute Gasteiger partial charge is 0.318 e. The Hall–Kier alpha value is -2.58. The summed E-state index contributed by atoms with van der Waals surface area (Å²) >= 11 is 3.78. The molecule has 2 atom stereocenters. The van der Waals surface area contributed by atoms with Crippen molar-refractivity contribution in [1.82, 2.24) is 19.8 Å². The van der Waals surface area contributed by atoms with Gasteiger partial charge >= 0.3 is 6.01 Å². The van der Waals surface area contributed by atoms with E-state index in [4.69, 9.17) is 21.3 Å². The largest absolute Gasteiger partial charge is 0.462 e. The molecule has 0 unspecified atom stereocenters. The van der Waals surface area contributed by atoms with Crippen molar-refractivity contribution in [1.29, 1.82) is 0 Å². The Morgan fingerprint density at radius 3 is 2.73 bits per heavy atom. The SMILES string of the molecule is [C-]#[N+]C[C@H]1CN(c2nc(OC[C@@H]3CCCN3C[CH2-])nc3c2CCN(c2cccc4cccc(Br)c24)C3)CCN1C(=O)C=C.[Y]. The Morgan fingerprint density at radius 1 is 1.14 bits per heavy atom. The van der Waals surface area contributed by atoms with E-state index in [0.717, 1.165) is 60.4 Å². The van der Waals surface area contributed by atoms with Crippen LogP contribution in [-0.4, -0.2) is 90.2 Å². The third-order valence-corrected chi connectivity index (χ3v) is 9.59. The number of fused-ring (bicyclic) bond motifs is 2. The van der Waals surface area contributed by atoms with Gasteiger partial charge in [0.2, 0.25) is 12.5 Å². The minimum atomic E-state index is -0.232. The molecule has 2 aromatic carbocycles. The van der Waals surface area contributed by atoms with Gasteiger partial charge in [-0.1, -0.05) is 46.8 Å². The zero-order valence-corrected chi connectivity index (χ0v) is 29.4. The molecule has 44 heavy (non-hydrogen) atoms. The molecular weight excluding hydrogens is 695 g/mol. The van der Waals surface area contributed by atoms with E-state index in [1.165, 1.54) is 22.5 Å². The number of carbonyl (C=O) groups is 1. The zero-order valence-electron chi connectivity index (χ0n) is 25.0. The van der Waals surface area contributed by atoms with Crippen LogP contribution in [0, 0.1) is 13.5 Å². The molecule has 227 valence electrons. The molecule has 9 nitrogen and oxygen atoms in total. The number of carbonyl (C=O) groups excluding carboxylic acids is 1. The Balaban J connectivity index is 0.00000384. The van der Waals surface area contributed by atoms with Crippen LogP contribution in [0.1, 0.15) is 24.1 Å². The summed E-state index contributed by atoms with van der Waals surface area (Å²) in [5, 5.41) is 2.38. The van der Waals surface area contributed by atoms with Crippen molar-refractivity contribution in [2.24, 2.45) is 0 Å². The van der Waals surface area contributed by atoms with Gasteiger partial charge in [-0.3, -0.25) is 4.79 Å². The van der Waals surface area contributed by atoms with Gasteiger partial charge in [-0.2, -0.15) is 9.97 Å². The van der Waals surface area contributed by atoms with Gasteiger partial charge in [-0.25, -0.2) is 6.57 Å². The number of hydrogen-bond donors (Lipinski definition) is 0. The van der Waals surface area contributed by atoms with E-state index in [0.29, 0.717) is 44.8 Å². The number of likely N-dealkylation sites (tertiary alicyclic amines) is 1. The van der Waals surface area contributed by atoms with E-state index >= 15 is 0 Å². The average Bonchev–Trinajstić information content (AvgIpc) is 3.50. The Kier molecular flexibility index (Phi) is 10.9. The summed E-state index contributed by atoms with van der Waals surface area (Å²) in [5.74, 6) is 0.727. The maximum atomic E-state index is 12.6. The van der Waals surface area contributed by atoms with Gasteiger partial charge in [0.1, 0.15) is 18.5 Å². The number of anilines is 2. The number of hydrogen-bond acceptors (Lipinski definition) is 7. The van der Waals surface area contributed by atoms with Gasteiger partial charge in [0.25, 0.3) is 0 Å². The van der Waals surface area contributed by atoms with E-state index < -0.39 is 0 Å². The molecule has 3 aliphatic rings. The van der Waals surface area contributed by atoms with Crippen LogP contribution in [0.4, 0.5) is 11.5 Å². The molecule has 3 aromatic rings. The molecule has 1 radical (unpaired) electrons. The van der Waals surface area contributed by atoms with Crippen LogP contribution in [0.3, 0.4) is 0 Å². The minimum absolute atomic E-state index is 0. The summed E-state index contributed by atoms with van der Waals surface area (Å²) in [4.78, 5) is 34.9. The molecule has 0 N–H and O–H groups in total. The summed E-state index contributed by atoms with van der Waals surface area (Å²) in [5.41, 5.74) is 3.25. The van der Waals surface area contributed by atoms with E-state index in [2.05, 4.69) is 85.4 Å². The summed E-state index contributed by atoms with van der Waals surface area (Å²) in [6, 6.07) is 13.2. The first-order valence-corrected chi connectivity index (χ1v) is 15.8. The van der Waals surface area contributed by atoms with Crippen LogP contribution in [0.25, 0.3) is 15.6 Å². The number of aromatic nitrogens is 2. The molecule has 2 fully saturated rings. The molecule has 0 spiro atoms. The second-order valence-electron chi connectivity index (χ2n) is 11.4. The zero-order chi connectivity index (χ0) is 29.9. The summed E-state index contributed by atoms with van der Waals surface area (Å²) < 4.78 is 7.40. The van der Waals surface area contributed by atoms with E-state index in [1.54, 1.807) is 4.90 Å². The molecule has 2 saturated heterocycles. The van der Waals surface area contributed by atoms with Crippen molar-refractivity contribution in [2.45, 2.75) is 37.9 Å². The first kappa shape index (κ1) is 32.8. The topological polar surface area (TPSA) is 69.4 Å². The van der Waals surface area contributed by atoms with Crippen LogP contribution < -0.4 is 14.5 Å². The van der Waals surface area contributed by atoms with Gasteiger partial charge < -0.3 is 36.1 Å². The first-order valence-electron chi connectivity index (χ1n) is 15.0. The molecular formula is C33H37BrN7O2Y-. The summed E-state index contributed by atoms with van der Waals surface area (Å²) in [6.07, 6.45) is 4.34. The van der Waals surface area contributed by atoms with Gasteiger partial charge in [0, 0.05) is 86.0 Å². The third-order valence-electron chi connectivity index (χ3n) is 8.93. The summed E-state index contributed by atoms with van der Waals surface area (Å²) in [7, 11) is 0. The molecule has 4 heterocycles. The van der Waals surface area contributed by atoms with Crippen LogP contribution in [-0.2, 0) is 50.5 Å². The maximum absolute atomic E-state index is 12.6. The first-order chi connectivity index (χ1) is 21.0. The van der Waals surface area contributed by atoms with Crippen LogP contribution in [0.15, 0.2) is 53.5 Å². The molecule has 1 amide bonds. The fourth-order valence-electron chi connectivity index (χ4n) is 6.73. The molecule has 0 bridgehead atoms. The van der Waals surface area contributed by atoms with Gasteiger partial charge in [-0.05, 0) is 49.4 Å². The summed E-state index contributed by atoms with van der Waals surface area (Å²) in [6.45, 7) is 20.9. The number of nitrogens with zero attached hydrogens (tertiary/aromatic N) is 7. The molecule has 3 aliphatic heterocycles. The van der Waals surface area contributed by atoms with Crippen molar-refractivity contribution in [3.8, 4) is 6.01 Å². The normalized spacial score (nSPS) is 20.2. The number of benzene rings is 2. The third kappa shape index (κ3) is 6.67. The van der Waals surface area contributed by atoms with Gasteiger partial charge in [0.15, 0.2) is 0 Å². The second kappa shape index (κ2) is 14.7. The predicted molar refractivity (Wildman–Crippen MR) is 173 cm³/mol. The van der Waals surface area contributed by atoms with Crippen molar-refractivity contribution >= 4 is 44.1 Å². The quantitative estimate of drug-likeness (QED) is 0.245. The Morgan fingerprint density at radius 2 is 1.95 bits per heavy atom. The second-order valence-corrected chi connectivity index (χ2v) is 12.2. The van der Waals surface area contributed by atoms with Crippen molar-refractivity contribution in [2.75, 3.05) is 62.2 Å². The maximum Gasteiger partial charge on any atom is 0.318 e. The molecule has 6 rings (SSSR count). The molecule has 11 heteroatoms. The Labute approximate surface area is 293 Å². The van der Waals surface area contributed by atoms with Crippen LogP contribution >= 0.6 is 15.9 Å². The fraction of sp³-hybridized carbons (Fsp3) is 0.424. The van der Waals surface area contributed by atoms with Crippen molar-refractivity contribution < 1.29 is 42.2 Å². The van der Waals surface area contributed by atoms with E-state index in [1.807, 2.05) is 0 Å².